The zero-order valence-corrected chi connectivity index (χ0v) is 9.40. The van der Waals surface area contributed by atoms with Crippen molar-refractivity contribution in [2.24, 2.45) is 10.9 Å². The summed E-state index contributed by atoms with van der Waals surface area (Å²) in [5, 5.41) is 5.13. The fourth-order valence-corrected chi connectivity index (χ4v) is 2.24. The van der Waals surface area contributed by atoms with Crippen molar-refractivity contribution in [2.45, 2.75) is 30.4 Å². The van der Waals surface area contributed by atoms with Gasteiger partial charge in [0.25, 0.3) is 0 Å². The third kappa shape index (κ3) is 2.31. The van der Waals surface area contributed by atoms with Crippen molar-refractivity contribution >= 4 is 10.0 Å². The number of primary sulfonamides is 1. The van der Waals surface area contributed by atoms with Crippen LogP contribution in [0, 0.1) is 0 Å². The molecule has 6 nitrogen and oxygen atoms in total. The van der Waals surface area contributed by atoms with E-state index in [1.807, 2.05) is 0 Å². The molecule has 1 heterocycles. The van der Waals surface area contributed by atoms with Crippen LogP contribution in [-0.2, 0) is 16.6 Å². The number of hydrogen-bond acceptors (Lipinski definition) is 5. The van der Waals surface area contributed by atoms with Crippen LogP contribution in [0.2, 0.25) is 0 Å². The van der Waals surface area contributed by atoms with Crippen LogP contribution in [0.15, 0.2) is 17.2 Å². The quantitative estimate of drug-likeness (QED) is 0.756. The zero-order chi connectivity index (χ0) is 11.8. The second-order valence-corrected chi connectivity index (χ2v) is 5.15. The van der Waals surface area contributed by atoms with Gasteiger partial charge in [0, 0.05) is 12.7 Å². The smallest absolute Gasteiger partial charge is 0.243 e. The molecule has 16 heavy (non-hydrogen) atoms. The topological polar surface area (TPSA) is 108 Å². The highest BCUT2D eigenvalue weighted by Crippen LogP contribution is 2.31. The first kappa shape index (κ1) is 11.3. The molecule has 2 rings (SSSR count). The van der Waals surface area contributed by atoms with Crippen molar-refractivity contribution in [1.82, 2.24) is 4.98 Å². The monoisotopic (exact) mass is 243 g/mol. The summed E-state index contributed by atoms with van der Waals surface area (Å²) in [7, 11) is -3.86. The minimum Gasteiger partial charge on any atom is -0.489 e. The fourth-order valence-electron chi connectivity index (χ4n) is 1.38. The molecule has 1 aromatic heterocycles. The van der Waals surface area contributed by atoms with Gasteiger partial charge >= 0.3 is 0 Å². The number of nitrogens with zero attached hydrogens (tertiary/aromatic N) is 1. The van der Waals surface area contributed by atoms with E-state index in [1.54, 1.807) is 0 Å². The maximum absolute atomic E-state index is 11.4. The molecule has 1 fully saturated rings. The Labute approximate surface area is 93.7 Å². The van der Waals surface area contributed by atoms with Gasteiger partial charge in [-0.25, -0.2) is 13.6 Å². The molecule has 0 spiro atoms. The fraction of sp³-hybridized carbons (Fsp3) is 0.444. The standard InChI is InChI=1S/C9H13N3O3S/c10-5-7-9(16(11,13)14)8(3-4-12-7)15-6-1-2-6/h3-4,6H,1-2,5,10H2,(H2,11,13,14). The molecule has 4 N–H and O–H groups in total. The molecule has 0 unspecified atom stereocenters. The Balaban J connectivity index is 2.49. The van der Waals surface area contributed by atoms with Crippen LogP contribution in [0.1, 0.15) is 18.5 Å². The summed E-state index contributed by atoms with van der Waals surface area (Å²) in [6.07, 6.45) is 3.43. The number of rotatable bonds is 4. The van der Waals surface area contributed by atoms with E-state index in [2.05, 4.69) is 4.98 Å². The predicted octanol–water partition coefficient (Wildman–Crippen LogP) is -0.271. The van der Waals surface area contributed by atoms with E-state index >= 15 is 0 Å². The highest BCUT2D eigenvalue weighted by Gasteiger charge is 2.28. The zero-order valence-electron chi connectivity index (χ0n) is 8.59. The lowest BCUT2D eigenvalue weighted by atomic mass is 10.3. The summed E-state index contributed by atoms with van der Waals surface area (Å²) in [6, 6.07) is 1.50. The Morgan fingerprint density at radius 2 is 2.19 bits per heavy atom. The van der Waals surface area contributed by atoms with Crippen molar-refractivity contribution in [1.29, 1.82) is 0 Å². The predicted molar refractivity (Wildman–Crippen MR) is 57.2 cm³/mol. The number of sulfonamides is 1. The second kappa shape index (κ2) is 4.00. The van der Waals surface area contributed by atoms with Gasteiger partial charge in [-0.2, -0.15) is 0 Å². The number of pyridine rings is 1. The third-order valence-corrected chi connectivity index (χ3v) is 3.24. The summed E-state index contributed by atoms with van der Waals surface area (Å²) < 4.78 is 28.3. The van der Waals surface area contributed by atoms with E-state index in [-0.39, 0.29) is 29.0 Å². The van der Waals surface area contributed by atoms with Crippen LogP contribution in [-0.4, -0.2) is 19.5 Å². The molecular weight excluding hydrogens is 230 g/mol. The van der Waals surface area contributed by atoms with E-state index in [9.17, 15) is 8.42 Å². The van der Waals surface area contributed by atoms with E-state index in [1.165, 1.54) is 12.3 Å². The van der Waals surface area contributed by atoms with Crippen molar-refractivity contribution in [2.75, 3.05) is 0 Å². The minimum absolute atomic E-state index is 0.00757. The van der Waals surface area contributed by atoms with Crippen LogP contribution in [0.3, 0.4) is 0 Å². The minimum atomic E-state index is -3.86. The average Bonchev–Trinajstić information content (AvgIpc) is 2.99. The van der Waals surface area contributed by atoms with Gasteiger partial charge in [-0.15, -0.1) is 0 Å². The number of ether oxygens (including phenoxy) is 1. The molecule has 0 aliphatic heterocycles. The second-order valence-electron chi connectivity index (χ2n) is 3.65. The van der Waals surface area contributed by atoms with Gasteiger partial charge < -0.3 is 10.5 Å². The highest BCUT2D eigenvalue weighted by molar-refractivity contribution is 7.89. The Morgan fingerprint density at radius 3 is 2.69 bits per heavy atom. The number of nitrogens with two attached hydrogens (primary N) is 2. The maximum atomic E-state index is 11.4. The lowest BCUT2D eigenvalue weighted by molar-refractivity contribution is 0.294. The molecule has 1 aromatic rings. The molecule has 1 aliphatic rings. The lowest BCUT2D eigenvalue weighted by Crippen LogP contribution is -2.19. The first-order chi connectivity index (χ1) is 7.52. The van der Waals surface area contributed by atoms with Crippen LogP contribution < -0.4 is 15.6 Å². The molecule has 0 radical (unpaired) electrons. The largest absolute Gasteiger partial charge is 0.489 e. The Bertz CT molecular complexity index is 497. The molecule has 0 bridgehead atoms. The maximum Gasteiger partial charge on any atom is 0.243 e. The number of hydrogen-bond donors (Lipinski definition) is 2. The van der Waals surface area contributed by atoms with E-state index in [0.717, 1.165) is 12.8 Å². The molecule has 0 saturated heterocycles. The highest BCUT2D eigenvalue weighted by atomic mass is 32.2. The van der Waals surface area contributed by atoms with E-state index in [4.69, 9.17) is 15.6 Å². The Kier molecular flexibility index (Phi) is 2.83. The normalized spacial score (nSPS) is 16.1. The lowest BCUT2D eigenvalue weighted by Gasteiger charge is -2.11. The SMILES string of the molecule is NCc1nccc(OC2CC2)c1S(N)(=O)=O. The average molecular weight is 243 g/mol. The summed E-state index contributed by atoms with van der Waals surface area (Å²) >= 11 is 0. The van der Waals surface area contributed by atoms with Gasteiger partial charge in [-0.05, 0) is 18.9 Å². The van der Waals surface area contributed by atoms with Gasteiger partial charge in [0.2, 0.25) is 10.0 Å². The first-order valence-corrected chi connectivity index (χ1v) is 6.44. The van der Waals surface area contributed by atoms with Gasteiger partial charge in [-0.1, -0.05) is 0 Å². The Hall–Kier alpha value is -1.18. The Morgan fingerprint density at radius 1 is 1.50 bits per heavy atom. The van der Waals surface area contributed by atoms with Crippen molar-refractivity contribution in [3.8, 4) is 5.75 Å². The van der Waals surface area contributed by atoms with Gasteiger partial charge in [0.05, 0.1) is 11.8 Å². The van der Waals surface area contributed by atoms with Crippen molar-refractivity contribution < 1.29 is 13.2 Å². The van der Waals surface area contributed by atoms with Gasteiger partial charge in [0.1, 0.15) is 10.6 Å². The molecule has 1 aliphatic carbocycles. The van der Waals surface area contributed by atoms with Gasteiger partial charge in [-0.3, -0.25) is 4.98 Å². The van der Waals surface area contributed by atoms with Crippen LogP contribution in [0.5, 0.6) is 5.75 Å². The molecule has 88 valence electrons. The summed E-state index contributed by atoms with van der Waals surface area (Å²) in [5.41, 5.74) is 5.66. The third-order valence-electron chi connectivity index (χ3n) is 2.24. The molecule has 1 saturated carbocycles. The molecular formula is C9H13N3O3S. The van der Waals surface area contributed by atoms with Crippen molar-refractivity contribution in [3.63, 3.8) is 0 Å². The van der Waals surface area contributed by atoms with Gasteiger partial charge in [0.15, 0.2) is 0 Å². The van der Waals surface area contributed by atoms with Crippen molar-refractivity contribution in [3.05, 3.63) is 18.0 Å². The van der Waals surface area contributed by atoms with Crippen LogP contribution in [0.4, 0.5) is 0 Å². The molecule has 7 heteroatoms. The van der Waals surface area contributed by atoms with Crippen LogP contribution >= 0.6 is 0 Å². The van der Waals surface area contributed by atoms with E-state index in [0.29, 0.717) is 0 Å². The first-order valence-electron chi connectivity index (χ1n) is 4.90. The summed E-state index contributed by atoms with van der Waals surface area (Å²) in [5.74, 6) is 0.250. The van der Waals surface area contributed by atoms with Crippen LogP contribution in [0.25, 0.3) is 0 Å². The summed E-state index contributed by atoms with van der Waals surface area (Å²) in [6.45, 7) is 0.00757. The molecule has 0 amide bonds. The summed E-state index contributed by atoms with van der Waals surface area (Å²) in [4.78, 5) is 3.79. The van der Waals surface area contributed by atoms with E-state index < -0.39 is 10.0 Å². The molecule has 0 atom stereocenters. The molecule has 0 aromatic carbocycles. The number of aromatic nitrogens is 1.